The van der Waals surface area contributed by atoms with Crippen molar-refractivity contribution < 1.29 is 8.42 Å². The minimum absolute atomic E-state index is 0.250. The zero-order valence-electron chi connectivity index (χ0n) is 12.4. The van der Waals surface area contributed by atoms with Crippen LogP contribution in [0.5, 0.6) is 0 Å². The number of nitriles is 1. The molecule has 0 spiro atoms. The molecule has 0 unspecified atom stereocenters. The van der Waals surface area contributed by atoms with Crippen molar-refractivity contribution in [2.24, 2.45) is 0 Å². The molecule has 1 saturated carbocycles. The van der Waals surface area contributed by atoms with Gasteiger partial charge in [-0.25, -0.2) is 13.4 Å². The van der Waals surface area contributed by atoms with Gasteiger partial charge in [0.15, 0.2) is 9.84 Å². The maximum atomic E-state index is 11.4. The predicted octanol–water partition coefficient (Wildman–Crippen LogP) is 2.07. The van der Waals surface area contributed by atoms with Gasteiger partial charge in [-0.2, -0.15) is 10.2 Å². The lowest BCUT2D eigenvalue weighted by Gasteiger charge is -2.09. The van der Waals surface area contributed by atoms with Gasteiger partial charge in [0.1, 0.15) is 17.5 Å². The standard InChI is InChI=1S/C15H15N5O2S/c1-23(21,22)13-6-4-12(5-7-13)19-15-17-9-10(8-16)14(20-15)18-11-2-3-11/h4-7,9,11H,2-3H2,1H3,(H2,17,18,19,20). The van der Waals surface area contributed by atoms with Crippen LogP contribution in [0.3, 0.4) is 0 Å². The van der Waals surface area contributed by atoms with Crippen LogP contribution in [0.15, 0.2) is 35.4 Å². The number of benzene rings is 1. The summed E-state index contributed by atoms with van der Waals surface area (Å²) in [7, 11) is -3.22. The van der Waals surface area contributed by atoms with Gasteiger partial charge in [-0.05, 0) is 37.1 Å². The molecule has 1 aromatic carbocycles. The van der Waals surface area contributed by atoms with Gasteiger partial charge in [-0.1, -0.05) is 0 Å². The molecular weight excluding hydrogens is 314 g/mol. The average molecular weight is 329 g/mol. The van der Waals surface area contributed by atoms with E-state index in [1.807, 2.05) is 0 Å². The molecule has 2 aromatic rings. The molecule has 1 heterocycles. The summed E-state index contributed by atoms with van der Waals surface area (Å²) in [6.45, 7) is 0. The highest BCUT2D eigenvalue weighted by atomic mass is 32.2. The smallest absolute Gasteiger partial charge is 0.229 e. The van der Waals surface area contributed by atoms with Crippen molar-refractivity contribution in [3.63, 3.8) is 0 Å². The highest BCUT2D eigenvalue weighted by Gasteiger charge is 2.23. The normalized spacial score (nSPS) is 14.1. The summed E-state index contributed by atoms with van der Waals surface area (Å²) in [6, 6.07) is 8.76. The first kappa shape index (κ1) is 15.2. The molecule has 1 fully saturated rings. The van der Waals surface area contributed by atoms with Crippen molar-refractivity contribution in [3.8, 4) is 6.07 Å². The SMILES string of the molecule is CS(=O)(=O)c1ccc(Nc2ncc(C#N)c(NC3CC3)n2)cc1. The molecule has 0 atom stereocenters. The van der Waals surface area contributed by atoms with E-state index in [4.69, 9.17) is 5.26 Å². The third kappa shape index (κ3) is 3.76. The third-order valence-corrected chi connectivity index (χ3v) is 4.49. The zero-order chi connectivity index (χ0) is 16.4. The Bertz CT molecular complexity index is 868. The number of hydrogen-bond acceptors (Lipinski definition) is 7. The van der Waals surface area contributed by atoms with Gasteiger partial charge >= 0.3 is 0 Å². The molecule has 1 aliphatic carbocycles. The first-order valence-corrected chi connectivity index (χ1v) is 8.95. The fourth-order valence-electron chi connectivity index (χ4n) is 1.97. The van der Waals surface area contributed by atoms with Crippen molar-refractivity contribution >= 4 is 27.3 Å². The van der Waals surface area contributed by atoms with Crippen molar-refractivity contribution in [3.05, 3.63) is 36.0 Å². The lowest BCUT2D eigenvalue weighted by molar-refractivity contribution is 0.602. The van der Waals surface area contributed by atoms with Crippen LogP contribution in [0.2, 0.25) is 0 Å². The molecule has 0 bridgehead atoms. The van der Waals surface area contributed by atoms with Crippen LogP contribution in [0, 0.1) is 11.3 Å². The van der Waals surface area contributed by atoms with E-state index < -0.39 is 9.84 Å². The summed E-state index contributed by atoms with van der Waals surface area (Å²) in [6.07, 6.45) is 4.77. The first-order valence-electron chi connectivity index (χ1n) is 7.06. The molecule has 0 amide bonds. The molecule has 0 radical (unpaired) electrons. The largest absolute Gasteiger partial charge is 0.366 e. The van der Waals surface area contributed by atoms with E-state index in [-0.39, 0.29) is 4.90 Å². The second kappa shape index (κ2) is 5.85. The topological polar surface area (TPSA) is 108 Å². The summed E-state index contributed by atoms with van der Waals surface area (Å²) in [5, 5.41) is 15.3. The molecule has 0 aliphatic heterocycles. The second-order valence-electron chi connectivity index (χ2n) is 5.41. The molecule has 23 heavy (non-hydrogen) atoms. The van der Waals surface area contributed by atoms with E-state index in [0.29, 0.717) is 29.1 Å². The Hall–Kier alpha value is -2.66. The third-order valence-electron chi connectivity index (χ3n) is 3.37. The molecule has 3 rings (SSSR count). The van der Waals surface area contributed by atoms with E-state index in [0.717, 1.165) is 19.1 Å². The molecule has 1 aliphatic rings. The van der Waals surface area contributed by atoms with Gasteiger partial charge in [0.05, 0.1) is 11.1 Å². The van der Waals surface area contributed by atoms with Gasteiger partial charge < -0.3 is 10.6 Å². The number of rotatable bonds is 5. The molecule has 1 aromatic heterocycles. The number of sulfone groups is 1. The van der Waals surface area contributed by atoms with Gasteiger partial charge in [0, 0.05) is 18.0 Å². The maximum Gasteiger partial charge on any atom is 0.229 e. The monoisotopic (exact) mass is 329 g/mol. The van der Waals surface area contributed by atoms with Crippen LogP contribution in [0.1, 0.15) is 18.4 Å². The van der Waals surface area contributed by atoms with Crippen LogP contribution in [0.4, 0.5) is 17.5 Å². The van der Waals surface area contributed by atoms with Crippen molar-refractivity contribution in [1.29, 1.82) is 5.26 Å². The highest BCUT2D eigenvalue weighted by Crippen LogP contribution is 2.26. The van der Waals surface area contributed by atoms with Crippen LogP contribution in [-0.2, 0) is 9.84 Å². The van der Waals surface area contributed by atoms with Crippen molar-refractivity contribution in [2.75, 3.05) is 16.9 Å². The Morgan fingerprint density at radius 1 is 1.26 bits per heavy atom. The van der Waals surface area contributed by atoms with Gasteiger partial charge in [-0.15, -0.1) is 0 Å². The summed E-state index contributed by atoms with van der Waals surface area (Å²) in [4.78, 5) is 8.67. The van der Waals surface area contributed by atoms with Gasteiger partial charge in [0.25, 0.3) is 0 Å². The van der Waals surface area contributed by atoms with Crippen LogP contribution < -0.4 is 10.6 Å². The molecule has 8 heteroatoms. The fourth-order valence-corrected chi connectivity index (χ4v) is 2.60. The van der Waals surface area contributed by atoms with E-state index in [1.165, 1.54) is 18.3 Å². The quantitative estimate of drug-likeness (QED) is 0.864. The number of nitrogens with zero attached hydrogens (tertiary/aromatic N) is 3. The Labute approximate surface area is 134 Å². The Morgan fingerprint density at radius 3 is 2.52 bits per heavy atom. The van der Waals surface area contributed by atoms with E-state index in [2.05, 4.69) is 26.7 Å². The van der Waals surface area contributed by atoms with E-state index >= 15 is 0 Å². The Kier molecular flexibility index (Phi) is 3.88. The number of nitrogens with one attached hydrogen (secondary N) is 2. The zero-order valence-corrected chi connectivity index (χ0v) is 13.3. The number of anilines is 3. The minimum atomic E-state index is -3.22. The highest BCUT2D eigenvalue weighted by molar-refractivity contribution is 7.90. The molecule has 118 valence electrons. The van der Waals surface area contributed by atoms with Crippen molar-refractivity contribution in [2.45, 2.75) is 23.8 Å². The van der Waals surface area contributed by atoms with Crippen molar-refractivity contribution in [1.82, 2.24) is 9.97 Å². The van der Waals surface area contributed by atoms with Crippen LogP contribution in [-0.4, -0.2) is 30.7 Å². The molecule has 0 saturated heterocycles. The van der Waals surface area contributed by atoms with Gasteiger partial charge in [0.2, 0.25) is 5.95 Å². The molecule has 2 N–H and O–H groups in total. The summed E-state index contributed by atoms with van der Waals surface area (Å²) in [5.41, 5.74) is 1.06. The molecule has 7 nitrogen and oxygen atoms in total. The number of hydrogen-bond donors (Lipinski definition) is 2. The second-order valence-corrected chi connectivity index (χ2v) is 7.42. The molecular formula is C15H15N5O2S. The summed E-state index contributed by atoms with van der Waals surface area (Å²) in [5.74, 6) is 0.861. The Balaban J connectivity index is 1.81. The first-order chi connectivity index (χ1) is 11.0. The van der Waals surface area contributed by atoms with E-state index in [9.17, 15) is 8.42 Å². The summed E-state index contributed by atoms with van der Waals surface area (Å²) < 4.78 is 22.9. The Morgan fingerprint density at radius 2 is 1.96 bits per heavy atom. The number of aromatic nitrogens is 2. The maximum absolute atomic E-state index is 11.4. The summed E-state index contributed by atoms with van der Waals surface area (Å²) >= 11 is 0. The minimum Gasteiger partial charge on any atom is -0.366 e. The van der Waals surface area contributed by atoms with Crippen LogP contribution in [0.25, 0.3) is 0 Å². The lowest BCUT2D eigenvalue weighted by atomic mass is 10.3. The fraction of sp³-hybridized carbons (Fsp3) is 0.267. The lowest BCUT2D eigenvalue weighted by Crippen LogP contribution is -2.08. The van der Waals surface area contributed by atoms with E-state index in [1.54, 1.807) is 12.1 Å². The predicted molar refractivity (Wildman–Crippen MR) is 86.2 cm³/mol. The average Bonchev–Trinajstić information content (AvgIpc) is 3.31. The van der Waals surface area contributed by atoms with Gasteiger partial charge in [-0.3, -0.25) is 0 Å². The van der Waals surface area contributed by atoms with Crippen LogP contribution >= 0.6 is 0 Å².